The number of halogens is 1. The molecule has 36 heavy (non-hydrogen) atoms. The predicted molar refractivity (Wildman–Crippen MR) is 136 cm³/mol. The summed E-state index contributed by atoms with van der Waals surface area (Å²) in [5.41, 5.74) is 7.68. The highest BCUT2D eigenvalue weighted by Gasteiger charge is 2.30. The Morgan fingerprint density at radius 1 is 1.11 bits per heavy atom. The number of para-hydroxylation sites is 1. The summed E-state index contributed by atoms with van der Waals surface area (Å²) in [6.07, 6.45) is 3.36. The van der Waals surface area contributed by atoms with E-state index >= 15 is 0 Å². The number of hydrogen-bond donors (Lipinski definition) is 1. The number of aliphatic imine (C=N–C) groups is 1. The number of aromatic nitrogens is 6. The van der Waals surface area contributed by atoms with Gasteiger partial charge in [0.05, 0.1) is 27.3 Å². The molecule has 1 fully saturated rings. The number of anilines is 1. The molecule has 0 atom stereocenters. The zero-order valence-electron chi connectivity index (χ0n) is 19.1. The highest BCUT2D eigenvalue weighted by atomic mass is 35.5. The van der Waals surface area contributed by atoms with Crippen molar-refractivity contribution in [2.75, 3.05) is 5.73 Å². The molecule has 11 heteroatoms. The van der Waals surface area contributed by atoms with Gasteiger partial charge in [0, 0.05) is 5.92 Å². The number of nitrogens with zero attached hydrogens (tertiary/aromatic N) is 7. The van der Waals surface area contributed by atoms with E-state index in [4.69, 9.17) is 31.8 Å². The van der Waals surface area contributed by atoms with Gasteiger partial charge >= 0.3 is 0 Å². The van der Waals surface area contributed by atoms with Gasteiger partial charge in [-0.3, -0.25) is 9.36 Å². The van der Waals surface area contributed by atoms with Gasteiger partial charge in [0.2, 0.25) is 0 Å². The van der Waals surface area contributed by atoms with Crippen molar-refractivity contribution in [2.24, 2.45) is 4.99 Å². The number of fused-ring (bicyclic) bond motifs is 1. The van der Waals surface area contributed by atoms with Crippen molar-refractivity contribution in [3.8, 4) is 17.1 Å². The molecule has 0 bridgehead atoms. The topological polar surface area (TPSA) is 138 Å². The van der Waals surface area contributed by atoms with Gasteiger partial charge in [-0.2, -0.15) is 4.98 Å². The van der Waals surface area contributed by atoms with E-state index < -0.39 is 0 Å². The van der Waals surface area contributed by atoms with E-state index in [-0.39, 0.29) is 23.1 Å². The minimum Gasteiger partial charge on any atom is -0.383 e. The van der Waals surface area contributed by atoms with Crippen molar-refractivity contribution in [3.63, 3.8) is 0 Å². The van der Waals surface area contributed by atoms with E-state index in [0.29, 0.717) is 50.5 Å². The van der Waals surface area contributed by atoms with Crippen LogP contribution in [0.25, 0.3) is 28.0 Å². The summed E-state index contributed by atoms with van der Waals surface area (Å²) in [6.45, 7) is 1.74. The molecule has 1 aliphatic carbocycles. The van der Waals surface area contributed by atoms with E-state index in [1.807, 2.05) is 30.3 Å². The molecular formula is C25H19ClN8O2. The average molecular weight is 499 g/mol. The first-order chi connectivity index (χ1) is 17.5. The van der Waals surface area contributed by atoms with E-state index in [1.165, 1.54) is 10.9 Å². The molecule has 3 heterocycles. The maximum atomic E-state index is 13.6. The van der Waals surface area contributed by atoms with E-state index in [9.17, 15) is 4.79 Å². The number of rotatable bonds is 5. The summed E-state index contributed by atoms with van der Waals surface area (Å²) < 4.78 is 6.95. The van der Waals surface area contributed by atoms with Crippen molar-refractivity contribution in [1.82, 2.24) is 29.7 Å². The Kier molecular flexibility index (Phi) is 5.30. The van der Waals surface area contributed by atoms with Gasteiger partial charge in [-0.1, -0.05) is 41.0 Å². The second-order valence-electron chi connectivity index (χ2n) is 8.43. The quantitative estimate of drug-likeness (QED) is 0.350. The van der Waals surface area contributed by atoms with Crippen LogP contribution in [0.1, 0.15) is 37.3 Å². The second-order valence-corrected chi connectivity index (χ2v) is 8.84. The number of benzene rings is 2. The number of nitrogen functional groups attached to an aromatic ring is 1. The molecule has 178 valence electrons. The van der Waals surface area contributed by atoms with Crippen molar-refractivity contribution < 1.29 is 4.52 Å². The molecule has 10 nitrogen and oxygen atoms in total. The van der Waals surface area contributed by atoms with E-state index in [2.05, 4.69) is 20.1 Å². The van der Waals surface area contributed by atoms with Crippen LogP contribution in [0.3, 0.4) is 0 Å². The molecule has 1 aliphatic rings. The Labute approximate surface area is 209 Å². The molecule has 2 aromatic carbocycles. The highest BCUT2D eigenvalue weighted by Crippen LogP contribution is 2.40. The van der Waals surface area contributed by atoms with E-state index in [0.717, 1.165) is 12.8 Å². The number of nitrogens with two attached hydrogens (primary N) is 1. The van der Waals surface area contributed by atoms with Crippen LogP contribution >= 0.6 is 11.6 Å². The normalized spacial score (nSPS) is 13.9. The molecular weight excluding hydrogens is 480 g/mol. The Morgan fingerprint density at radius 2 is 1.92 bits per heavy atom. The van der Waals surface area contributed by atoms with Crippen LogP contribution in [-0.2, 0) is 0 Å². The van der Waals surface area contributed by atoms with Gasteiger partial charge in [-0.25, -0.2) is 19.9 Å². The van der Waals surface area contributed by atoms with E-state index in [1.54, 1.807) is 25.1 Å². The van der Waals surface area contributed by atoms with Crippen LogP contribution in [0, 0.1) is 0 Å². The van der Waals surface area contributed by atoms with Gasteiger partial charge in [-0.05, 0) is 44.0 Å². The zero-order chi connectivity index (χ0) is 24.8. The zero-order valence-corrected chi connectivity index (χ0v) is 19.8. The molecule has 0 saturated heterocycles. The van der Waals surface area contributed by atoms with Crippen LogP contribution in [-0.4, -0.2) is 35.4 Å². The van der Waals surface area contributed by atoms with Gasteiger partial charge in [0.25, 0.3) is 11.4 Å². The minimum atomic E-state index is -0.310. The Bertz CT molecular complexity index is 1710. The van der Waals surface area contributed by atoms with Crippen molar-refractivity contribution in [1.29, 1.82) is 0 Å². The molecule has 5 aromatic rings. The molecule has 6 rings (SSSR count). The van der Waals surface area contributed by atoms with Crippen molar-refractivity contribution in [3.05, 3.63) is 81.9 Å². The van der Waals surface area contributed by atoms with Crippen LogP contribution < -0.4 is 11.3 Å². The van der Waals surface area contributed by atoms with Gasteiger partial charge in [0.15, 0.2) is 17.5 Å². The third-order valence-corrected chi connectivity index (χ3v) is 6.23. The average Bonchev–Trinajstić information content (AvgIpc) is 3.62. The standard InChI is InChI=1S/C25H19ClN8O2/c1-13(30-22-19(20(27)28-12-29-22)24-32-21(33-36-24)14-10-11-14)23-31-17-9-5-8-16(26)18(17)25(35)34(23)15-6-3-2-4-7-15/h2-9,12,14H,10-11H2,1H3,(H2,27,28,29). The lowest BCUT2D eigenvalue weighted by molar-refractivity contribution is 0.423. The van der Waals surface area contributed by atoms with Crippen LogP contribution in [0.15, 0.2) is 69.2 Å². The monoisotopic (exact) mass is 498 g/mol. The third-order valence-electron chi connectivity index (χ3n) is 5.91. The summed E-state index contributed by atoms with van der Waals surface area (Å²) in [5, 5.41) is 4.71. The Balaban J connectivity index is 1.56. The minimum absolute atomic E-state index is 0.154. The van der Waals surface area contributed by atoms with Crippen molar-refractivity contribution in [2.45, 2.75) is 25.7 Å². The summed E-state index contributed by atoms with van der Waals surface area (Å²) in [7, 11) is 0. The molecule has 0 aliphatic heterocycles. The van der Waals surface area contributed by atoms with Crippen LogP contribution in [0.4, 0.5) is 11.6 Å². The first kappa shape index (κ1) is 22.1. The smallest absolute Gasteiger partial charge is 0.267 e. The largest absolute Gasteiger partial charge is 0.383 e. The number of hydrogen-bond acceptors (Lipinski definition) is 9. The molecule has 2 N–H and O–H groups in total. The van der Waals surface area contributed by atoms with Crippen LogP contribution in [0.2, 0.25) is 5.02 Å². The lowest BCUT2D eigenvalue weighted by Gasteiger charge is -2.14. The van der Waals surface area contributed by atoms with Crippen molar-refractivity contribution >= 4 is 39.9 Å². The Morgan fingerprint density at radius 3 is 2.69 bits per heavy atom. The Hall–Kier alpha value is -4.44. The maximum Gasteiger partial charge on any atom is 0.267 e. The summed E-state index contributed by atoms with van der Waals surface area (Å²) >= 11 is 6.38. The summed E-state index contributed by atoms with van der Waals surface area (Å²) in [5.74, 6) is 1.84. The molecule has 0 radical (unpaired) electrons. The second kappa shape index (κ2) is 8.65. The third kappa shape index (κ3) is 3.81. The fourth-order valence-corrected chi connectivity index (χ4v) is 4.23. The first-order valence-corrected chi connectivity index (χ1v) is 11.7. The highest BCUT2D eigenvalue weighted by molar-refractivity contribution is 6.35. The van der Waals surface area contributed by atoms with Crippen LogP contribution in [0.5, 0.6) is 0 Å². The van der Waals surface area contributed by atoms with Gasteiger partial charge in [-0.15, -0.1) is 0 Å². The molecule has 0 unspecified atom stereocenters. The lowest BCUT2D eigenvalue weighted by Crippen LogP contribution is -2.26. The molecule has 0 spiro atoms. The summed E-state index contributed by atoms with van der Waals surface area (Å²) in [6, 6.07) is 14.3. The molecule has 0 amide bonds. The summed E-state index contributed by atoms with van der Waals surface area (Å²) in [4.78, 5) is 36.0. The SMILES string of the molecule is CC(=Nc1ncnc(N)c1-c1nc(C2CC2)no1)c1nc2cccc(Cl)c2c(=O)n1-c1ccccc1. The fraction of sp³-hybridized carbons (Fsp3) is 0.160. The molecule has 3 aromatic heterocycles. The molecule has 1 saturated carbocycles. The predicted octanol–water partition coefficient (Wildman–Crippen LogP) is 4.48. The van der Waals surface area contributed by atoms with Gasteiger partial charge < -0.3 is 10.3 Å². The fourth-order valence-electron chi connectivity index (χ4n) is 3.98. The lowest BCUT2D eigenvalue weighted by atomic mass is 10.2. The maximum absolute atomic E-state index is 13.6. The first-order valence-electron chi connectivity index (χ1n) is 11.3. The van der Waals surface area contributed by atoms with Gasteiger partial charge in [0.1, 0.15) is 17.7 Å².